The van der Waals surface area contributed by atoms with Crippen LogP contribution in [-0.2, 0) is 11.3 Å². The number of nitrogens with one attached hydrogen (secondary N) is 4. The lowest BCUT2D eigenvalue weighted by Gasteiger charge is -2.22. The zero-order valence-corrected chi connectivity index (χ0v) is 33.8. The number of aromatic nitrogens is 4. The Morgan fingerprint density at radius 1 is 0.964 bits per heavy atom. The number of ether oxygens (including phenoxy) is 1. The molecule has 0 atom stereocenters. The van der Waals surface area contributed by atoms with Crippen LogP contribution in [-0.4, -0.2) is 87.0 Å². The second kappa shape index (κ2) is 20.1. The van der Waals surface area contributed by atoms with Gasteiger partial charge in [0.1, 0.15) is 18.0 Å². The molecule has 14 nitrogen and oxygen atoms in total. The van der Waals surface area contributed by atoms with Gasteiger partial charge in [0, 0.05) is 74.5 Å². The van der Waals surface area contributed by atoms with Gasteiger partial charge in [-0.2, -0.15) is 4.98 Å². The predicted molar refractivity (Wildman–Crippen MR) is 221 cm³/mol. The zero-order valence-electron chi connectivity index (χ0n) is 30.8. The molecule has 0 bridgehead atoms. The molecule has 1 aliphatic heterocycles. The molecule has 0 fully saturated rings. The summed E-state index contributed by atoms with van der Waals surface area (Å²) in [6.45, 7) is 6.62. The molecule has 6 rings (SSSR count). The third-order valence-electron chi connectivity index (χ3n) is 8.37. The number of carbonyl (C=O) groups excluding carboxylic acids is 3. The summed E-state index contributed by atoms with van der Waals surface area (Å²) in [6, 6.07) is 15.9. The van der Waals surface area contributed by atoms with E-state index in [-0.39, 0.29) is 24.5 Å². The van der Waals surface area contributed by atoms with Crippen LogP contribution in [0.1, 0.15) is 36.2 Å². The quantitative estimate of drug-likeness (QED) is 0.102. The van der Waals surface area contributed by atoms with Gasteiger partial charge in [-0.25, -0.2) is 14.8 Å². The summed E-state index contributed by atoms with van der Waals surface area (Å²) in [7, 11) is 1.57. The number of hydrogen-bond acceptors (Lipinski definition) is 10. The molecule has 5 aromatic rings. The molecule has 56 heavy (non-hydrogen) atoms. The Labute approximate surface area is 344 Å². The van der Waals surface area contributed by atoms with Crippen molar-refractivity contribution in [2.45, 2.75) is 26.8 Å². The van der Waals surface area contributed by atoms with Crippen molar-refractivity contribution in [3.8, 4) is 5.75 Å². The molecule has 0 saturated carbocycles. The average molecular weight is 843 g/mol. The van der Waals surface area contributed by atoms with Gasteiger partial charge >= 0.3 is 6.03 Å². The number of imidazole rings is 1. The fraction of sp³-hybridized carbons (Fsp3) is 0.263. The first kappa shape index (κ1) is 41.9. The van der Waals surface area contributed by atoms with E-state index in [9.17, 15) is 14.4 Å². The number of amides is 3. The first-order valence-corrected chi connectivity index (χ1v) is 19.0. The van der Waals surface area contributed by atoms with Gasteiger partial charge in [0.05, 0.1) is 34.0 Å². The minimum Gasteiger partial charge on any atom is -0.489 e. The normalized spacial score (nSPS) is 11.9. The van der Waals surface area contributed by atoms with E-state index in [2.05, 4.69) is 36.2 Å². The monoisotopic (exact) mass is 840 g/mol. The second-order valence-corrected chi connectivity index (χ2v) is 13.9. The number of para-hydroxylation sites is 1. The van der Waals surface area contributed by atoms with Crippen LogP contribution in [0.3, 0.4) is 0 Å². The van der Waals surface area contributed by atoms with E-state index in [1.807, 2.05) is 31.2 Å². The molecule has 0 radical (unpaired) electrons. The Morgan fingerprint density at radius 2 is 1.71 bits per heavy atom. The first-order chi connectivity index (χ1) is 27.0. The summed E-state index contributed by atoms with van der Waals surface area (Å²) < 4.78 is 7.05. The Morgan fingerprint density at radius 3 is 2.41 bits per heavy atom. The molecule has 3 aromatic carbocycles. The highest BCUT2D eigenvalue weighted by molar-refractivity contribution is 6.40. The van der Waals surface area contributed by atoms with Crippen molar-refractivity contribution in [3.05, 3.63) is 111 Å². The molecule has 0 unspecified atom stereocenters. The number of rotatable bonds is 11. The molecule has 0 spiro atoms. The van der Waals surface area contributed by atoms with Crippen LogP contribution in [0.5, 0.6) is 5.75 Å². The largest absolute Gasteiger partial charge is 0.489 e. The van der Waals surface area contributed by atoms with E-state index in [1.54, 1.807) is 66.5 Å². The van der Waals surface area contributed by atoms with Crippen molar-refractivity contribution in [2.24, 2.45) is 0 Å². The van der Waals surface area contributed by atoms with Gasteiger partial charge in [-0.05, 0) is 42.8 Å². The van der Waals surface area contributed by atoms with Crippen LogP contribution in [0.15, 0.2) is 79.5 Å². The second-order valence-electron chi connectivity index (χ2n) is 12.3. The number of hydrogen-bond donors (Lipinski definition) is 4. The van der Waals surface area contributed by atoms with Crippen LogP contribution in [0.2, 0.25) is 20.1 Å². The highest BCUT2D eigenvalue weighted by Crippen LogP contribution is 2.36. The Bertz CT molecular complexity index is 2130. The highest BCUT2D eigenvalue weighted by atomic mass is 35.5. The minimum absolute atomic E-state index is 0.0171. The van der Waals surface area contributed by atoms with Gasteiger partial charge in [-0.3, -0.25) is 14.2 Å². The maximum absolute atomic E-state index is 12.3. The summed E-state index contributed by atoms with van der Waals surface area (Å²) >= 11 is 24.3. The lowest BCUT2D eigenvalue weighted by Crippen LogP contribution is -2.37. The van der Waals surface area contributed by atoms with E-state index in [4.69, 9.17) is 51.1 Å². The number of halogens is 4. The number of anilines is 5. The smallest absolute Gasteiger partial charge is 0.329 e. The summed E-state index contributed by atoms with van der Waals surface area (Å²) in [4.78, 5) is 52.7. The van der Waals surface area contributed by atoms with E-state index in [0.29, 0.717) is 81.6 Å². The molecule has 1 aliphatic rings. The van der Waals surface area contributed by atoms with Crippen LogP contribution >= 0.6 is 46.4 Å². The Balaban J connectivity index is 0.000000229. The highest BCUT2D eigenvalue weighted by Gasteiger charge is 2.20. The van der Waals surface area contributed by atoms with Gasteiger partial charge in [0.2, 0.25) is 11.9 Å². The molecule has 0 aliphatic carbocycles. The van der Waals surface area contributed by atoms with Crippen molar-refractivity contribution in [1.82, 2.24) is 34.6 Å². The van der Waals surface area contributed by atoms with Gasteiger partial charge in [0.25, 0.3) is 5.91 Å². The van der Waals surface area contributed by atoms with Crippen LogP contribution < -0.4 is 26.0 Å². The van der Waals surface area contributed by atoms with E-state index < -0.39 is 0 Å². The minimum atomic E-state index is -0.226. The summed E-state index contributed by atoms with van der Waals surface area (Å²) in [5, 5.41) is 13.8. The van der Waals surface area contributed by atoms with Crippen LogP contribution in [0, 0.1) is 0 Å². The average Bonchev–Trinajstić information content (AvgIpc) is 3.63. The maximum atomic E-state index is 12.3. The topological polar surface area (TPSA) is 159 Å². The lowest BCUT2D eigenvalue weighted by molar-refractivity contribution is -0.129. The van der Waals surface area contributed by atoms with Crippen molar-refractivity contribution in [2.75, 3.05) is 55.8 Å². The van der Waals surface area contributed by atoms with E-state index in [0.717, 1.165) is 23.4 Å². The SMILES string of the molecule is CCCN(CCOc1c(Cl)cc(Cl)cc1Cl)C(=O)n1ccnc1.CNC(=O)c1ccccc1Nc1nc(Nc2cccc3c2CN(C(C)=O)CCN3)ncc1Cl. The number of benzene rings is 3. The summed E-state index contributed by atoms with van der Waals surface area (Å²) in [6.07, 6.45) is 6.97. The van der Waals surface area contributed by atoms with E-state index in [1.165, 1.54) is 17.1 Å². The molecule has 18 heteroatoms. The Kier molecular flexibility index (Phi) is 15.0. The van der Waals surface area contributed by atoms with Gasteiger partial charge in [-0.1, -0.05) is 71.5 Å². The number of nitrogens with zero attached hydrogens (tertiary/aromatic N) is 6. The standard InChI is InChI=1S/C23H24ClN7O2.C15H16Cl3N3O2/c1-14(32)31-11-10-26-18-8-5-9-20(16(18)13-31)29-23-27-12-17(24)21(30-23)28-19-7-4-3-6-15(19)22(33)25-2;1-2-4-20(15(22)21-5-3-19-10-21)6-7-23-14-12(17)8-11(16)9-13(14)18/h3-9,12,26H,10-11,13H2,1-2H3,(H,25,33)(H2,27,28,29,30);3,5,8-10H,2,4,6-7H2,1H3. The van der Waals surface area contributed by atoms with Crippen molar-refractivity contribution < 1.29 is 19.1 Å². The fourth-order valence-corrected chi connectivity index (χ4v) is 6.69. The van der Waals surface area contributed by atoms with Crippen LogP contribution in [0.25, 0.3) is 0 Å². The molecule has 294 valence electrons. The summed E-state index contributed by atoms with van der Waals surface area (Å²) in [5.74, 6) is 0.839. The number of fused-ring (bicyclic) bond motifs is 1. The third kappa shape index (κ3) is 10.9. The molecular weight excluding hydrogens is 802 g/mol. The lowest BCUT2D eigenvalue weighted by atomic mass is 10.1. The van der Waals surface area contributed by atoms with Gasteiger partial charge in [0.15, 0.2) is 11.6 Å². The zero-order chi connectivity index (χ0) is 40.2. The first-order valence-electron chi connectivity index (χ1n) is 17.5. The third-order valence-corrected chi connectivity index (χ3v) is 9.43. The van der Waals surface area contributed by atoms with Crippen molar-refractivity contribution in [1.29, 1.82) is 0 Å². The molecule has 2 aromatic heterocycles. The Hall–Kier alpha value is -5.28. The van der Waals surface area contributed by atoms with E-state index >= 15 is 0 Å². The molecular formula is C38H40Cl4N10O4. The van der Waals surface area contributed by atoms with Crippen LogP contribution in [0.4, 0.5) is 33.6 Å². The predicted octanol–water partition coefficient (Wildman–Crippen LogP) is 8.35. The molecule has 0 saturated heterocycles. The fourth-order valence-electron chi connectivity index (χ4n) is 5.63. The summed E-state index contributed by atoms with van der Waals surface area (Å²) in [5.41, 5.74) is 3.72. The maximum Gasteiger partial charge on any atom is 0.329 e. The van der Waals surface area contributed by atoms with Gasteiger partial charge in [-0.15, -0.1) is 0 Å². The van der Waals surface area contributed by atoms with Crippen molar-refractivity contribution in [3.63, 3.8) is 0 Å². The van der Waals surface area contributed by atoms with Crippen molar-refractivity contribution >= 4 is 93.1 Å². The number of carbonyl (C=O) groups is 3. The molecule has 3 heterocycles. The molecule has 4 N–H and O–H groups in total. The molecule has 3 amide bonds. The van der Waals surface area contributed by atoms with Gasteiger partial charge < -0.3 is 35.8 Å².